The van der Waals surface area contributed by atoms with Crippen LogP contribution in [0.4, 0.5) is 0 Å². The molecule has 0 atom stereocenters. The summed E-state index contributed by atoms with van der Waals surface area (Å²) in [5.41, 5.74) is 2.34. The summed E-state index contributed by atoms with van der Waals surface area (Å²) < 4.78 is 26.3. The number of rotatable bonds is 5. The molecule has 4 nitrogen and oxygen atoms in total. The maximum Gasteiger partial charge on any atom is 0.214 e. The van der Waals surface area contributed by atoms with Gasteiger partial charge in [-0.25, -0.2) is 12.7 Å². The Bertz CT molecular complexity index is 777. The largest absolute Gasteiger partial charge is 0.361 e. The van der Waals surface area contributed by atoms with Crippen molar-refractivity contribution < 1.29 is 8.42 Å². The minimum absolute atomic E-state index is 0.275. The molecule has 6 heteroatoms. The Morgan fingerprint density at radius 1 is 1.30 bits per heavy atom. The van der Waals surface area contributed by atoms with E-state index in [1.165, 1.54) is 5.56 Å². The van der Waals surface area contributed by atoms with Crippen molar-refractivity contribution in [3.8, 4) is 0 Å². The molecular weight excluding hydrogens is 332 g/mol. The average Bonchev–Trinajstić information content (AvgIpc) is 2.96. The second kappa shape index (κ2) is 6.83. The summed E-state index contributed by atoms with van der Waals surface area (Å²) in [6.07, 6.45) is 5.43. The van der Waals surface area contributed by atoms with Gasteiger partial charge in [0.2, 0.25) is 10.0 Å². The smallest absolute Gasteiger partial charge is 0.214 e. The highest BCUT2D eigenvalue weighted by molar-refractivity contribution is 7.89. The molecule has 0 aliphatic carbocycles. The van der Waals surface area contributed by atoms with E-state index in [1.807, 2.05) is 31.3 Å². The first-order chi connectivity index (χ1) is 11.0. The Morgan fingerprint density at radius 2 is 2.04 bits per heavy atom. The molecule has 3 rings (SSSR count). The molecule has 126 valence electrons. The molecule has 1 aromatic heterocycles. The summed E-state index contributed by atoms with van der Waals surface area (Å²) in [4.78, 5) is 3.29. The first kappa shape index (κ1) is 16.8. The van der Waals surface area contributed by atoms with Crippen LogP contribution in [0.15, 0.2) is 24.4 Å². The molecule has 23 heavy (non-hydrogen) atoms. The molecule has 1 saturated heterocycles. The number of hydrogen-bond acceptors (Lipinski definition) is 2. The van der Waals surface area contributed by atoms with E-state index < -0.39 is 10.0 Å². The molecule has 0 amide bonds. The predicted molar refractivity (Wildman–Crippen MR) is 95.6 cm³/mol. The topological polar surface area (TPSA) is 53.2 Å². The molecule has 1 aromatic carbocycles. The molecular formula is C17H23ClN2O2S. The number of piperidine rings is 1. The number of unbranched alkanes of at least 4 members (excludes halogenated alkanes) is 1. The minimum atomic E-state index is -3.08. The fraction of sp³-hybridized carbons (Fsp3) is 0.529. The number of fused-ring (bicyclic) bond motifs is 1. The van der Waals surface area contributed by atoms with E-state index in [4.69, 9.17) is 11.6 Å². The van der Waals surface area contributed by atoms with Gasteiger partial charge in [0, 0.05) is 35.2 Å². The van der Waals surface area contributed by atoms with E-state index in [0.29, 0.717) is 19.0 Å². The quantitative estimate of drug-likeness (QED) is 0.877. The predicted octanol–water partition coefficient (Wildman–Crippen LogP) is 4.13. The Labute approximate surface area is 142 Å². The monoisotopic (exact) mass is 354 g/mol. The highest BCUT2D eigenvalue weighted by Crippen LogP contribution is 2.34. The molecule has 0 unspecified atom stereocenters. The molecule has 1 N–H and O–H groups in total. The summed E-state index contributed by atoms with van der Waals surface area (Å²) in [6.45, 7) is 3.25. The van der Waals surface area contributed by atoms with Crippen LogP contribution in [0.25, 0.3) is 10.9 Å². The van der Waals surface area contributed by atoms with Crippen LogP contribution < -0.4 is 0 Å². The molecule has 2 heterocycles. The Kier molecular flexibility index (Phi) is 4.99. The van der Waals surface area contributed by atoms with Crippen LogP contribution in [0.5, 0.6) is 0 Å². The van der Waals surface area contributed by atoms with Gasteiger partial charge in [0.05, 0.1) is 5.75 Å². The lowest BCUT2D eigenvalue weighted by Gasteiger charge is -2.31. The van der Waals surface area contributed by atoms with Crippen molar-refractivity contribution in [1.82, 2.24) is 9.29 Å². The number of benzene rings is 1. The van der Waals surface area contributed by atoms with Crippen LogP contribution in [0.1, 0.15) is 44.1 Å². The minimum Gasteiger partial charge on any atom is -0.361 e. The molecule has 0 saturated carbocycles. The van der Waals surface area contributed by atoms with E-state index in [2.05, 4.69) is 4.98 Å². The highest BCUT2D eigenvalue weighted by Gasteiger charge is 2.29. The number of sulfonamides is 1. The zero-order chi connectivity index (χ0) is 16.4. The summed E-state index contributed by atoms with van der Waals surface area (Å²) in [5, 5.41) is 1.89. The summed E-state index contributed by atoms with van der Waals surface area (Å²) in [7, 11) is -3.08. The van der Waals surface area contributed by atoms with Crippen molar-refractivity contribution in [3.05, 3.63) is 35.0 Å². The van der Waals surface area contributed by atoms with Gasteiger partial charge >= 0.3 is 0 Å². The normalized spacial score (nSPS) is 17.8. The molecule has 1 fully saturated rings. The van der Waals surface area contributed by atoms with Crippen molar-refractivity contribution in [2.75, 3.05) is 18.8 Å². The van der Waals surface area contributed by atoms with Crippen molar-refractivity contribution in [1.29, 1.82) is 0 Å². The van der Waals surface area contributed by atoms with Gasteiger partial charge in [0.25, 0.3) is 0 Å². The number of hydrogen-bond donors (Lipinski definition) is 1. The van der Waals surface area contributed by atoms with Gasteiger partial charge in [0.15, 0.2) is 0 Å². The van der Waals surface area contributed by atoms with E-state index >= 15 is 0 Å². The third kappa shape index (κ3) is 3.57. The van der Waals surface area contributed by atoms with Crippen molar-refractivity contribution in [2.45, 2.75) is 38.5 Å². The molecule has 0 spiro atoms. The number of nitrogens with zero attached hydrogens (tertiary/aromatic N) is 1. The number of aromatic nitrogens is 1. The standard InChI is InChI=1S/C17H23ClN2O2S/c1-2-3-10-23(21,22)20-8-6-13(7-9-20)16-12-19-17-5-4-14(18)11-15(16)17/h4-5,11-13,19H,2-3,6-10H2,1H3. The Morgan fingerprint density at radius 3 is 2.74 bits per heavy atom. The Balaban J connectivity index is 1.72. The van der Waals surface area contributed by atoms with Crippen LogP contribution in [0.2, 0.25) is 5.02 Å². The fourth-order valence-electron chi connectivity index (χ4n) is 3.35. The summed E-state index contributed by atoms with van der Waals surface area (Å²) in [6, 6.07) is 5.87. The van der Waals surface area contributed by atoms with Crippen molar-refractivity contribution in [3.63, 3.8) is 0 Å². The molecule has 1 aliphatic heterocycles. The third-order valence-corrected chi connectivity index (χ3v) is 6.91. The summed E-state index contributed by atoms with van der Waals surface area (Å²) >= 11 is 6.12. The van der Waals surface area contributed by atoms with Crippen molar-refractivity contribution in [2.24, 2.45) is 0 Å². The van der Waals surface area contributed by atoms with Crippen LogP contribution in [-0.2, 0) is 10.0 Å². The highest BCUT2D eigenvalue weighted by atomic mass is 35.5. The maximum absolute atomic E-state index is 12.3. The SMILES string of the molecule is CCCCS(=O)(=O)N1CCC(c2c[nH]c3ccc(Cl)cc23)CC1. The van der Waals surface area contributed by atoms with Crippen molar-refractivity contribution >= 4 is 32.5 Å². The lowest BCUT2D eigenvalue weighted by Crippen LogP contribution is -2.39. The zero-order valence-electron chi connectivity index (χ0n) is 13.4. The van der Waals surface area contributed by atoms with E-state index in [0.717, 1.165) is 41.6 Å². The van der Waals surface area contributed by atoms with Gasteiger partial charge < -0.3 is 4.98 Å². The second-order valence-corrected chi connectivity index (χ2v) is 8.80. The Hall–Kier alpha value is -1.04. The number of nitrogens with one attached hydrogen (secondary N) is 1. The molecule has 1 aliphatic rings. The van der Waals surface area contributed by atoms with Crippen LogP contribution in [0, 0.1) is 0 Å². The van der Waals surface area contributed by atoms with E-state index in [-0.39, 0.29) is 5.75 Å². The van der Waals surface area contributed by atoms with Gasteiger partial charge in [-0.3, -0.25) is 0 Å². The maximum atomic E-state index is 12.3. The van der Waals surface area contributed by atoms with Crippen LogP contribution in [-0.4, -0.2) is 36.5 Å². The fourth-order valence-corrected chi connectivity index (χ4v) is 5.20. The average molecular weight is 355 g/mol. The first-order valence-corrected chi connectivity index (χ1v) is 10.2. The molecule has 0 radical (unpaired) electrons. The zero-order valence-corrected chi connectivity index (χ0v) is 15.0. The number of halogens is 1. The lowest BCUT2D eigenvalue weighted by molar-refractivity contribution is 0.320. The number of aromatic amines is 1. The summed E-state index contributed by atoms with van der Waals surface area (Å²) in [5.74, 6) is 0.663. The van der Waals surface area contributed by atoms with Crippen LogP contribution >= 0.6 is 11.6 Å². The van der Waals surface area contributed by atoms with E-state index in [1.54, 1.807) is 4.31 Å². The van der Waals surface area contributed by atoms with Crippen LogP contribution in [0.3, 0.4) is 0 Å². The van der Waals surface area contributed by atoms with Gasteiger partial charge in [0.1, 0.15) is 0 Å². The van der Waals surface area contributed by atoms with Gasteiger partial charge in [-0.15, -0.1) is 0 Å². The van der Waals surface area contributed by atoms with Gasteiger partial charge in [-0.05, 0) is 48.9 Å². The number of H-pyrrole nitrogens is 1. The first-order valence-electron chi connectivity index (χ1n) is 8.25. The molecule has 2 aromatic rings. The van der Waals surface area contributed by atoms with E-state index in [9.17, 15) is 8.42 Å². The van der Waals surface area contributed by atoms with Gasteiger partial charge in [-0.1, -0.05) is 24.9 Å². The third-order valence-electron chi connectivity index (χ3n) is 4.72. The molecule has 0 bridgehead atoms. The lowest BCUT2D eigenvalue weighted by atomic mass is 9.90. The second-order valence-electron chi connectivity index (χ2n) is 6.28. The van der Waals surface area contributed by atoms with Gasteiger partial charge in [-0.2, -0.15) is 0 Å².